The fourth-order valence-corrected chi connectivity index (χ4v) is 5.52. The van der Waals surface area contributed by atoms with Gasteiger partial charge in [0.2, 0.25) is 10.0 Å². The van der Waals surface area contributed by atoms with Crippen LogP contribution in [0.15, 0.2) is 29.4 Å². The monoisotopic (exact) mass is 475 g/mol. The number of anilines is 1. The third-order valence-corrected chi connectivity index (χ3v) is 7.54. The van der Waals surface area contributed by atoms with E-state index in [0.29, 0.717) is 48.6 Å². The topological polar surface area (TPSA) is 154 Å². The first-order valence-corrected chi connectivity index (χ1v) is 12.4. The summed E-state index contributed by atoms with van der Waals surface area (Å²) in [5, 5.41) is 17.6. The van der Waals surface area contributed by atoms with E-state index in [4.69, 9.17) is 20.6 Å². The minimum absolute atomic E-state index is 0.0353. The zero-order valence-electron chi connectivity index (χ0n) is 17.8. The minimum atomic E-state index is -4.05. The van der Waals surface area contributed by atoms with Crippen LogP contribution in [0.4, 0.5) is 5.82 Å². The Hall–Kier alpha value is -2.44. The van der Waals surface area contributed by atoms with Crippen molar-refractivity contribution in [2.45, 2.75) is 43.6 Å². The number of hydrogen-bond acceptors (Lipinski definition) is 9. The predicted molar refractivity (Wildman–Crippen MR) is 123 cm³/mol. The van der Waals surface area contributed by atoms with Crippen molar-refractivity contribution in [2.24, 2.45) is 5.14 Å². The van der Waals surface area contributed by atoms with Crippen molar-refractivity contribution in [1.29, 1.82) is 0 Å². The second-order valence-electron chi connectivity index (χ2n) is 8.03. The van der Waals surface area contributed by atoms with Crippen LogP contribution in [0.3, 0.4) is 0 Å². The van der Waals surface area contributed by atoms with Gasteiger partial charge in [0.05, 0.1) is 32.3 Å². The number of sulfonamides is 1. The summed E-state index contributed by atoms with van der Waals surface area (Å²) in [5.74, 6) is 0.252. The fraction of sp³-hybridized carbons (Fsp3) is 0.381. The van der Waals surface area contributed by atoms with Gasteiger partial charge in [-0.1, -0.05) is 6.07 Å². The number of hydrogen-bond donors (Lipinski definition) is 3. The Bertz CT molecular complexity index is 1270. The molecule has 9 nitrogen and oxygen atoms in total. The van der Waals surface area contributed by atoms with Crippen LogP contribution in [0.5, 0.6) is 0 Å². The van der Waals surface area contributed by atoms with Crippen molar-refractivity contribution < 1.29 is 18.3 Å². The standard InChI is InChI=1S/C21H25N5O4S2/c1-12-3-4-17(32(23,28)29)14(9-21(27)5-7-30-8-6-21)18(12)15-10-25-20(22)19(26-15)16-11-24-13(2)31-16/h3-4,10-11,27H,5-9H2,1-2H3,(H2,22,25)(H2,23,28,29). The van der Waals surface area contributed by atoms with E-state index in [1.807, 2.05) is 13.8 Å². The van der Waals surface area contributed by atoms with E-state index in [-0.39, 0.29) is 17.1 Å². The maximum absolute atomic E-state index is 12.4. The van der Waals surface area contributed by atoms with Crippen molar-refractivity contribution in [1.82, 2.24) is 15.0 Å². The molecule has 4 rings (SSSR count). The van der Waals surface area contributed by atoms with Crippen LogP contribution < -0.4 is 10.9 Å². The first-order valence-electron chi connectivity index (χ1n) is 10.1. The van der Waals surface area contributed by atoms with Gasteiger partial charge in [-0.15, -0.1) is 11.3 Å². The summed E-state index contributed by atoms with van der Waals surface area (Å²) in [6.07, 6.45) is 4.08. The maximum atomic E-state index is 12.4. The summed E-state index contributed by atoms with van der Waals surface area (Å²) < 4.78 is 30.3. The molecule has 32 heavy (non-hydrogen) atoms. The average molecular weight is 476 g/mol. The van der Waals surface area contributed by atoms with Crippen LogP contribution in [0.25, 0.3) is 21.8 Å². The van der Waals surface area contributed by atoms with E-state index < -0.39 is 15.6 Å². The smallest absolute Gasteiger partial charge is 0.238 e. The first-order chi connectivity index (χ1) is 15.1. The Morgan fingerprint density at radius 2 is 1.91 bits per heavy atom. The van der Waals surface area contributed by atoms with Crippen molar-refractivity contribution in [3.05, 3.63) is 40.7 Å². The Morgan fingerprint density at radius 1 is 1.19 bits per heavy atom. The second kappa shape index (κ2) is 8.49. The number of benzene rings is 1. The average Bonchev–Trinajstić information content (AvgIpc) is 3.14. The lowest BCUT2D eigenvalue weighted by molar-refractivity contribution is -0.0628. The van der Waals surface area contributed by atoms with Crippen LogP contribution in [-0.2, 0) is 21.2 Å². The molecule has 0 atom stereocenters. The lowest BCUT2D eigenvalue weighted by atomic mass is 9.84. The normalized spacial score (nSPS) is 16.2. The lowest BCUT2D eigenvalue weighted by Crippen LogP contribution is -2.39. The number of rotatable bonds is 5. The zero-order valence-corrected chi connectivity index (χ0v) is 19.5. The summed E-state index contributed by atoms with van der Waals surface area (Å²) in [6.45, 7) is 4.54. The molecule has 1 fully saturated rings. The van der Waals surface area contributed by atoms with Gasteiger partial charge in [0.15, 0.2) is 5.82 Å². The molecular weight excluding hydrogens is 450 g/mol. The van der Waals surface area contributed by atoms with Crippen molar-refractivity contribution in [3.8, 4) is 21.8 Å². The number of ether oxygens (including phenoxy) is 1. The van der Waals surface area contributed by atoms with Crippen LogP contribution in [-0.4, -0.2) is 47.3 Å². The molecule has 3 heterocycles. The van der Waals surface area contributed by atoms with E-state index >= 15 is 0 Å². The highest BCUT2D eigenvalue weighted by Crippen LogP contribution is 2.37. The van der Waals surface area contributed by atoms with Crippen LogP contribution in [0.1, 0.15) is 29.0 Å². The zero-order chi connectivity index (χ0) is 23.1. The highest BCUT2D eigenvalue weighted by Gasteiger charge is 2.34. The number of primary sulfonamides is 1. The minimum Gasteiger partial charge on any atom is -0.389 e. The summed E-state index contributed by atoms with van der Waals surface area (Å²) in [7, 11) is -4.05. The highest BCUT2D eigenvalue weighted by atomic mass is 32.2. The molecule has 0 aliphatic carbocycles. The Morgan fingerprint density at radius 3 is 2.53 bits per heavy atom. The van der Waals surface area contributed by atoms with Gasteiger partial charge in [-0.2, -0.15) is 0 Å². The molecule has 0 radical (unpaired) electrons. The molecule has 11 heteroatoms. The number of nitrogens with zero attached hydrogens (tertiary/aromatic N) is 3. The van der Waals surface area contributed by atoms with Gasteiger partial charge in [-0.3, -0.25) is 0 Å². The summed E-state index contributed by atoms with van der Waals surface area (Å²) >= 11 is 1.44. The van der Waals surface area contributed by atoms with E-state index in [9.17, 15) is 13.5 Å². The van der Waals surface area contributed by atoms with E-state index in [2.05, 4.69) is 9.97 Å². The summed E-state index contributed by atoms with van der Waals surface area (Å²) in [5.41, 5.74) is 7.69. The fourth-order valence-electron chi connectivity index (χ4n) is 3.97. The Kier molecular flexibility index (Phi) is 6.03. The molecule has 0 bridgehead atoms. The van der Waals surface area contributed by atoms with E-state index in [1.165, 1.54) is 23.6 Å². The molecule has 0 spiro atoms. The lowest BCUT2D eigenvalue weighted by Gasteiger charge is -2.33. The second-order valence-corrected chi connectivity index (χ2v) is 10.8. The molecule has 0 amide bonds. The number of nitrogens with two attached hydrogens (primary N) is 2. The largest absolute Gasteiger partial charge is 0.389 e. The first kappa shape index (κ1) is 22.7. The number of aromatic nitrogens is 3. The molecule has 170 valence electrons. The molecule has 5 N–H and O–H groups in total. The number of nitrogen functional groups attached to an aromatic ring is 1. The van der Waals surface area contributed by atoms with Crippen molar-refractivity contribution in [3.63, 3.8) is 0 Å². The molecular formula is C21H25N5O4S2. The van der Waals surface area contributed by atoms with Crippen molar-refractivity contribution >= 4 is 27.2 Å². The summed E-state index contributed by atoms with van der Waals surface area (Å²) in [4.78, 5) is 14.0. The van der Waals surface area contributed by atoms with E-state index in [0.717, 1.165) is 15.4 Å². The third kappa shape index (κ3) is 4.52. The number of thiazole rings is 1. The van der Waals surface area contributed by atoms with Crippen LogP contribution >= 0.6 is 11.3 Å². The van der Waals surface area contributed by atoms with Gasteiger partial charge >= 0.3 is 0 Å². The molecule has 0 unspecified atom stereocenters. The molecule has 1 aliphatic heterocycles. The molecule has 1 aliphatic rings. The van der Waals surface area contributed by atoms with Gasteiger partial charge < -0.3 is 15.6 Å². The molecule has 3 aromatic rings. The molecule has 0 saturated carbocycles. The highest BCUT2D eigenvalue weighted by molar-refractivity contribution is 7.89. The molecule has 1 aromatic carbocycles. The molecule has 1 saturated heterocycles. The Labute approximate surface area is 190 Å². The van der Waals surface area contributed by atoms with Crippen LogP contribution in [0.2, 0.25) is 0 Å². The van der Waals surface area contributed by atoms with E-state index in [1.54, 1.807) is 12.3 Å². The van der Waals surface area contributed by atoms with Gasteiger partial charge in [0.1, 0.15) is 5.69 Å². The predicted octanol–water partition coefficient (Wildman–Crippen LogP) is 2.20. The van der Waals surface area contributed by atoms with Gasteiger partial charge in [-0.05, 0) is 43.9 Å². The molecule has 2 aromatic heterocycles. The number of aryl methyl sites for hydroxylation is 2. The van der Waals surface area contributed by atoms with Crippen molar-refractivity contribution in [2.75, 3.05) is 18.9 Å². The van der Waals surface area contributed by atoms with Gasteiger partial charge in [-0.25, -0.2) is 28.5 Å². The maximum Gasteiger partial charge on any atom is 0.238 e. The third-order valence-electron chi connectivity index (χ3n) is 5.63. The van der Waals surface area contributed by atoms with Crippen LogP contribution in [0, 0.1) is 13.8 Å². The SMILES string of the molecule is Cc1ncc(-c2nc(-c3c(C)ccc(S(N)(=O)=O)c3CC3(O)CCOCC3)cnc2N)s1. The van der Waals surface area contributed by atoms with Gasteiger partial charge in [0.25, 0.3) is 0 Å². The number of aliphatic hydroxyl groups is 1. The quantitative estimate of drug-likeness (QED) is 0.507. The summed E-state index contributed by atoms with van der Waals surface area (Å²) in [6, 6.07) is 3.16. The Balaban J connectivity index is 1.92. The van der Waals surface area contributed by atoms with Gasteiger partial charge in [0, 0.05) is 31.4 Å².